The lowest BCUT2D eigenvalue weighted by atomic mass is 9.76. The fourth-order valence-electron chi connectivity index (χ4n) is 5.50. The van der Waals surface area contributed by atoms with Gasteiger partial charge in [0.15, 0.2) is 11.6 Å². The zero-order valence-electron chi connectivity index (χ0n) is 19.2. The first-order chi connectivity index (χ1) is 16.0. The van der Waals surface area contributed by atoms with Gasteiger partial charge in [-0.1, -0.05) is 24.3 Å². The Labute approximate surface area is 194 Å². The number of rotatable bonds is 6. The van der Waals surface area contributed by atoms with Crippen molar-refractivity contribution in [3.8, 4) is 5.75 Å². The third-order valence-corrected chi connectivity index (χ3v) is 7.65. The normalized spacial score (nSPS) is 26.0. The van der Waals surface area contributed by atoms with E-state index in [1.807, 2.05) is 6.08 Å². The second-order valence-corrected chi connectivity index (χ2v) is 9.63. The molecule has 0 heterocycles. The van der Waals surface area contributed by atoms with Crippen molar-refractivity contribution in [3.63, 3.8) is 0 Å². The molecule has 0 amide bonds. The van der Waals surface area contributed by atoms with Crippen LogP contribution in [-0.4, -0.2) is 18.8 Å². The first kappa shape index (κ1) is 23.9. The number of aliphatic hydroxyl groups excluding tert-OH is 1. The van der Waals surface area contributed by atoms with E-state index in [1.165, 1.54) is 13.2 Å². The molecule has 2 fully saturated rings. The van der Waals surface area contributed by atoms with Gasteiger partial charge in [-0.05, 0) is 98.3 Å². The maximum absolute atomic E-state index is 15.0. The highest BCUT2D eigenvalue weighted by molar-refractivity contribution is 5.52. The number of ether oxygens (including phenoxy) is 1. The maximum atomic E-state index is 15.0. The second kappa shape index (κ2) is 10.8. The van der Waals surface area contributed by atoms with Crippen LogP contribution in [0.1, 0.15) is 79.9 Å². The number of benzene rings is 2. The van der Waals surface area contributed by atoms with Crippen molar-refractivity contribution in [3.05, 3.63) is 70.5 Å². The first-order valence-electron chi connectivity index (χ1n) is 12.1. The van der Waals surface area contributed by atoms with E-state index < -0.39 is 11.6 Å². The average molecular weight is 459 g/mol. The Bertz CT molecular complexity index is 971. The van der Waals surface area contributed by atoms with Gasteiger partial charge >= 0.3 is 0 Å². The number of allylic oxidation sites excluding steroid dienone is 1. The van der Waals surface area contributed by atoms with E-state index in [1.54, 1.807) is 30.3 Å². The van der Waals surface area contributed by atoms with E-state index in [2.05, 4.69) is 0 Å². The van der Waals surface area contributed by atoms with E-state index in [-0.39, 0.29) is 24.3 Å². The monoisotopic (exact) mass is 458 g/mol. The molecule has 2 aliphatic rings. The van der Waals surface area contributed by atoms with Gasteiger partial charge < -0.3 is 9.84 Å². The summed E-state index contributed by atoms with van der Waals surface area (Å²) >= 11 is 0. The van der Waals surface area contributed by atoms with Crippen LogP contribution < -0.4 is 4.74 Å². The summed E-state index contributed by atoms with van der Waals surface area (Å²) in [6, 6.07) is 8.39. The summed E-state index contributed by atoms with van der Waals surface area (Å²) in [6.07, 6.45) is 10.5. The topological polar surface area (TPSA) is 29.5 Å². The van der Waals surface area contributed by atoms with Crippen molar-refractivity contribution < 1.29 is 23.0 Å². The smallest absolute Gasteiger partial charge is 0.162 e. The van der Waals surface area contributed by atoms with E-state index in [4.69, 9.17) is 4.74 Å². The minimum Gasteiger partial charge on any atom is -0.497 e. The molecule has 0 bridgehead atoms. The van der Waals surface area contributed by atoms with Crippen LogP contribution in [0.2, 0.25) is 0 Å². The summed E-state index contributed by atoms with van der Waals surface area (Å²) in [5.41, 5.74) is 1.50. The molecule has 33 heavy (non-hydrogen) atoms. The average Bonchev–Trinajstić information content (AvgIpc) is 2.85. The molecule has 1 N–H and O–H groups in total. The molecule has 0 atom stereocenters. The van der Waals surface area contributed by atoms with Gasteiger partial charge in [-0.3, -0.25) is 0 Å². The molecule has 0 spiro atoms. The number of halogens is 3. The van der Waals surface area contributed by atoms with E-state index >= 15 is 4.39 Å². The molecule has 0 aliphatic heterocycles. The van der Waals surface area contributed by atoms with E-state index in [0.717, 1.165) is 51.4 Å². The SMILES string of the molecule is COc1ccc(C=CC2CCC(c3ccc(C4CCC(CO)CC4)c(F)c3F)CC2)c(F)c1. The van der Waals surface area contributed by atoms with Gasteiger partial charge in [0.25, 0.3) is 0 Å². The van der Waals surface area contributed by atoms with Crippen LogP contribution in [-0.2, 0) is 0 Å². The van der Waals surface area contributed by atoms with Crippen molar-refractivity contribution in [2.75, 3.05) is 13.7 Å². The second-order valence-electron chi connectivity index (χ2n) is 9.63. The van der Waals surface area contributed by atoms with Gasteiger partial charge in [0.2, 0.25) is 0 Å². The molecule has 0 radical (unpaired) electrons. The third kappa shape index (κ3) is 5.46. The molecule has 178 valence electrons. The summed E-state index contributed by atoms with van der Waals surface area (Å²) in [4.78, 5) is 0. The molecule has 4 rings (SSSR count). The van der Waals surface area contributed by atoms with E-state index in [9.17, 15) is 13.9 Å². The Morgan fingerprint density at radius 3 is 1.94 bits per heavy atom. The molecule has 5 heteroatoms. The molecule has 2 saturated carbocycles. The van der Waals surface area contributed by atoms with E-state index in [0.29, 0.717) is 34.3 Å². The number of hydrogen-bond acceptors (Lipinski definition) is 2. The van der Waals surface area contributed by atoms with Crippen LogP contribution in [0.25, 0.3) is 6.08 Å². The molecule has 0 aromatic heterocycles. The fourth-order valence-corrected chi connectivity index (χ4v) is 5.50. The fraction of sp³-hybridized carbons (Fsp3) is 0.500. The highest BCUT2D eigenvalue weighted by Gasteiger charge is 2.29. The molecule has 2 nitrogen and oxygen atoms in total. The molecule has 2 aromatic rings. The number of aliphatic hydroxyl groups is 1. The summed E-state index contributed by atoms with van der Waals surface area (Å²) < 4.78 is 49.2. The van der Waals surface area contributed by atoms with Crippen LogP contribution >= 0.6 is 0 Å². The lowest BCUT2D eigenvalue weighted by Gasteiger charge is -2.30. The van der Waals surface area contributed by atoms with Crippen molar-refractivity contribution in [1.82, 2.24) is 0 Å². The lowest BCUT2D eigenvalue weighted by Crippen LogP contribution is -2.18. The number of methoxy groups -OCH3 is 1. The van der Waals surface area contributed by atoms with Gasteiger partial charge in [-0.15, -0.1) is 0 Å². The summed E-state index contributed by atoms with van der Waals surface area (Å²) in [6.45, 7) is 0.176. The molecular weight excluding hydrogens is 425 g/mol. The molecular formula is C28H33F3O2. The number of hydrogen-bond donors (Lipinski definition) is 1. The highest BCUT2D eigenvalue weighted by Crippen LogP contribution is 2.41. The summed E-state index contributed by atoms with van der Waals surface area (Å²) in [5, 5.41) is 9.31. The Morgan fingerprint density at radius 1 is 0.848 bits per heavy atom. The largest absolute Gasteiger partial charge is 0.497 e. The van der Waals surface area contributed by atoms with Gasteiger partial charge in [-0.25, -0.2) is 13.2 Å². The van der Waals surface area contributed by atoms with Gasteiger partial charge in [0.1, 0.15) is 11.6 Å². The van der Waals surface area contributed by atoms with Crippen molar-refractivity contribution in [1.29, 1.82) is 0 Å². The Balaban J connectivity index is 1.37. The predicted octanol–water partition coefficient (Wildman–Crippen LogP) is 7.37. The molecule has 0 saturated heterocycles. The van der Waals surface area contributed by atoms with Crippen LogP contribution in [0.5, 0.6) is 5.75 Å². The van der Waals surface area contributed by atoms with Crippen LogP contribution in [0.3, 0.4) is 0 Å². The van der Waals surface area contributed by atoms with Gasteiger partial charge in [-0.2, -0.15) is 0 Å². The Kier molecular flexibility index (Phi) is 7.79. The lowest BCUT2D eigenvalue weighted by molar-refractivity contribution is 0.181. The standard InChI is InChI=1S/C28H33F3O2/c1-33-23-13-12-22(26(29)16-23)11-4-18-2-7-20(8-3-18)24-14-15-25(28(31)27(24)30)21-9-5-19(17-32)6-10-21/h4,11-16,18-21,32H,2-3,5-10,17H2,1H3. The first-order valence-corrected chi connectivity index (χ1v) is 12.1. The minimum absolute atomic E-state index is 0.0149. The molecule has 2 aliphatic carbocycles. The highest BCUT2D eigenvalue weighted by atomic mass is 19.2. The third-order valence-electron chi connectivity index (χ3n) is 7.65. The molecule has 0 unspecified atom stereocenters. The minimum atomic E-state index is -0.684. The Morgan fingerprint density at radius 2 is 1.42 bits per heavy atom. The summed E-state index contributed by atoms with van der Waals surface area (Å²) in [7, 11) is 1.51. The zero-order chi connectivity index (χ0) is 23.4. The van der Waals surface area contributed by atoms with Gasteiger partial charge in [0, 0.05) is 18.2 Å². The van der Waals surface area contributed by atoms with Crippen molar-refractivity contribution in [2.45, 2.75) is 63.2 Å². The van der Waals surface area contributed by atoms with Crippen molar-refractivity contribution >= 4 is 6.08 Å². The van der Waals surface area contributed by atoms with Crippen molar-refractivity contribution in [2.24, 2.45) is 11.8 Å². The van der Waals surface area contributed by atoms with Crippen LogP contribution in [0.15, 0.2) is 36.4 Å². The molecule has 2 aromatic carbocycles. The maximum Gasteiger partial charge on any atom is 0.162 e. The predicted molar refractivity (Wildman–Crippen MR) is 125 cm³/mol. The van der Waals surface area contributed by atoms with Gasteiger partial charge in [0.05, 0.1) is 7.11 Å². The quantitative estimate of drug-likeness (QED) is 0.490. The van der Waals surface area contributed by atoms with Crippen LogP contribution in [0.4, 0.5) is 13.2 Å². The van der Waals surface area contributed by atoms with Crippen LogP contribution in [0, 0.1) is 29.3 Å². The summed E-state index contributed by atoms with van der Waals surface area (Å²) in [5.74, 6) is -0.551. The zero-order valence-corrected chi connectivity index (χ0v) is 19.2. The Hall–Kier alpha value is -2.27.